The van der Waals surface area contributed by atoms with Crippen molar-refractivity contribution in [3.8, 4) is 0 Å². The number of allylic oxidation sites excluding steroid dienone is 1. The van der Waals surface area contributed by atoms with Gasteiger partial charge in [0.25, 0.3) is 0 Å². The third-order valence-electron chi connectivity index (χ3n) is 7.63. The first-order valence-electron chi connectivity index (χ1n) is 8.82. The predicted molar refractivity (Wildman–Crippen MR) is 83.1 cm³/mol. The number of hydrogen-bond donors (Lipinski definition) is 1. The summed E-state index contributed by atoms with van der Waals surface area (Å²) in [6.07, 6.45) is 7.51. The fraction of sp³-hybridized carbons (Fsp3) is 0.789. The summed E-state index contributed by atoms with van der Waals surface area (Å²) >= 11 is 0. The van der Waals surface area contributed by atoms with E-state index in [-0.39, 0.29) is 34.6 Å². The molecule has 0 aromatic carbocycles. The number of carbonyl (C=O) groups excluding carboxylic acids is 2. The molecule has 3 heteroatoms. The zero-order valence-electron chi connectivity index (χ0n) is 13.6. The molecule has 6 atom stereocenters. The Morgan fingerprint density at radius 2 is 1.73 bits per heavy atom. The molecule has 4 aliphatic carbocycles. The molecule has 0 bridgehead atoms. The lowest BCUT2D eigenvalue weighted by molar-refractivity contribution is -0.139. The fourth-order valence-corrected chi connectivity index (χ4v) is 6.16. The van der Waals surface area contributed by atoms with Crippen LogP contribution >= 0.6 is 0 Å². The zero-order valence-corrected chi connectivity index (χ0v) is 13.6. The predicted octanol–water partition coefficient (Wildman–Crippen LogP) is 3.06. The molecule has 0 aliphatic heterocycles. The van der Waals surface area contributed by atoms with Crippen molar-refractivity contribution in [2.45, 2.75) is 64.9 Å². The fourth-order valence-electron chi connectivity index (χ4n) is 6.16. The Morgan fingerprint density at radius 1 is 1.05 bits per heavy atom. The number of ketones is 2. The van der Waals surface area contributed by atoms with Gasteiger partial charge in [0, 0.05) is 17.8 Å². The quantitative estimate of drug-likeness (QED) is 0.748. The van der Waals surface area contributed by atoms with Crippen LogP contribution in [0.1, 0.15) is 58.8 Å². The molecular formula is C19H26O3. The second-order valence-electron chi connectivity index (χ2n) is 8.54. The Hall–Kier alpha value is -0.960. The van der Waals surface area contributed by atoms with Crippen molar-refractivity contribution in [1.29, 1.82) is 0 Å². The maximum Gasteiger partial charge on any atom is 0.159 e. The van der Waals surface area contributed by atoms with Crippen LogP contribution in [-0.4, -0.2) is 22.8 Å². The van der Waals surface area contributed by atoms with Gasteiger partial charge < -0.3 is 5.11 Å². The van der Waals surface area contributed by atoms with E-state index in [0.717, 1.165) is 32.1 Å². The van der Waals surface area contributed by atoms with E-state index in [2.05, 4.69) is 13.8 Å². The van der Waals surface area contributed by atoms with Gasteiger partial charge in [0.15, 0.2) is 5.78 Å². The molecular weight excluding hydrogens is 276 g/mol. The molecule has 3 fully saturated rings. The Bertz CT molecular complexity index is 577. The molecule has 3 saturated carbocycles. The average Bonchev–Trinajstić information content (AvgIpc) is 2.77. The Morgan fingerprint density at radius 3 is 2.50 bits per heavy atom. The van der Waals surface area contributed by atoms with Crippen LogP contribution in [0.15, 0.2) is 11.6 Å². The van der Waals surface area contributed by atoms with Crippen molar-refractivity contribution in [3.05, 3.63) is 11.6 Å². The number of aliphatic hydroxyl groups excluding tert-OH is 1. The van der Waals surface area contributed by atoms with Gasteiger partial charge in [0.1, 0.15) is 5.78 Å². The minimum absolute atomic E-state index is 0.0363. The van der Waals surface area contributed by atoms with E-state index < -0.39 is 0 Å². The van der Waals surface area contributed by atoms with Crippen molar-refractivity contribution in [2.75, 3.05) is 0 Å². The molecule has 3 nitrogen and oxygen atoms in total. The largest absolute Gasteiger partial charge is 0.393 e. The number of Topliss-reactive ketones (excluding diaryl/α,β-unsaturated/α-hetero) is 1. The van der Waals surface area contributed by atoms with E-state index in [9.17, 15) is 14.7 Å². The normalized spacial score (nSPS) is 51.0. The van der Waals surface area contributed by atoms with E-state index in [1.165, 1.54) is 5.57 Å². The van der Waals surface area contributed by atoms with Crippen LogP contribution in [0, 0.1) is 28.6 Å². The number of carbonyl (C=O) groups is 2. The SMILES string of the molecule is C[C@]12CC[C@H](O)CC1=CC(=O)[C@H]1[C@@H]2CC[C@]2(C)C(=O)CC[C@@H]12. The lowest BCUT2D eigenvalue weighted by Crippen LogP contribution is -2.53. The van der Waals surface area contributed by atoms with E-state index in [1.54, 1.807) is 0 Å². The van der Waals surface area contributed by atoms with Gasteiger partial charge in [-0.15, -0.1) is 0 Å². The second-order valence-corrected chi connectivity index (χ2v) is 8.54. The third-order valence-corrected chi connectivity index (χ3v) is 7.63. The number of rotatable bonds is 0. The van der Waals surface area contributed by atoms with Crippen LogP contribution in [0.4, 0.5) is 0 Å². The highest BCUT2D eigenvalue weighted by molar-refractivity contribution is 5.96. The lowest BCUT2D eigenvalue weighted by atomic mass is 9.48. The van der Waals surface area contributed by atoms with Gasteiger partial charge in [0.05, 0.1) is 6.10 Å². The van der Waals surface area contributed by atoms with Crippen LogP contribution < -0.4 is 0 Å². The van der Waals surface area contributed by atoms with Crippen molar-refractivity contribution in [2.24, 2.45) is 28.6 Å². The van der Waals surface area contributed by atoms with Gasteiger partial charge in [0.2, 0.25) is 0 Å². The highest BCUT2D eigenvalue weighted by Gasteiger charge is 2.60. The molecule has 120 valence electrons. The van der Waals surface area contributed by atoms with Crippen LogP contribution in [0.5, 0.6) is 0 Å². The minimum Gasteiger partial charge on any atom is -0.393 e. The number of fused-ring (bicyclic) bond motifs is 5. The Kier molecular flexibility index (Phi) is 3.01. The summed E-state index contributed by atoms with van der Waals surface area (Å²) in [7, 11) is 0. The summed E-state index contributed by atoms with van der Waals surface area (Å²) in [5, 5.41) is 9.97. The molecule has 0 radical (unpaired) electrons. The van der Waals surface area contributed by atoms with Crippen LogP contribution in [0.2, 0.25) is 0 Å². The van der Waals surface area contributed by atoms with E-state index >= 15 is 0 Å². The molecule has 1 N–H and O–H groups in total. The van der Waals surface area contributed by atoms with Crippen molar-refractivity contribution >= 4 is 11.6 Å². The molecule has 0 amide bonds. The lowest BCUT2D eigenvalue weighted by Gasteiger charge is -2.55. The third kappa shape index (κ3) is 1.72. The molecule has 22 heavy (non-hydrogen) atoms. The molecule has 0 spiro atoms. The Balaban J connectivity index is 1.76. The van der Waals surface area contributed by atoms with Gasteiger partial charge in [-0.25, -0.2) is 0 Å². The number of aliphatic hydroxyl groups is 1. The summed E-state index contributed by atoms with van der Waals surface area (Å²) in [5.74, 6) is 1.26. The summed E-state index contributed by atoms with van der Waals surface area (Å²) in [6.45, 7) is 4.40. The smallest absolute Gasteiger partial charge is 0.159 e. The average molecular weight is 302 g/mol. The molecule has 0 aromatic heterocycles. The van der Waals surface area contributed by atoms with Gasteiger partial charge in [-0.1, -0.05) is 19.4 Å². The molecule has 0 saturated heterocycles. The summed E-state index contributed by atoms with van der Waals surface area (Å²) < 4.78 is 0. The topological polar surface area (TPSA) is 54.4 Å². The van der Waals surface area contributed by atoms with Crippen molar-refractivity contribution in [3.63, 3.8) is 0 Å². The van der Waals surface area contributed by atoms with E-state index in [1.807, 2.05) is 6.08 Å². The molecule has 0 heterocycles. The molecule has 0 unspecified atom stereocenters. The number of hydrogen-bond acceptors (Lipinski definition) is 3. The van der Waals surface area contributed by atoms with E-state index in [0.29, 0.717) is 24.5 Å². The second kappa shape index (κ2) is 4.53. The first-order chi connectivity index (χ1) is 10.4. The summed E-state index contributed by atoms with van der Waals surface area (Å²) in [4.78, 5) is 25.2. The van der Waals surface area contributed by atoms with Crippen LogP contribution in [0.25, 0.3) is 0 Å². The maximum absolute atomic E-state index is 12.9. The minimum atomic E-state index is -0.286. The highest BCUT2D eigenvalue weighted by atomic mass is 16.3. The highest BCUT2D eigenvalue weighted by Crippen LogP contribution is 2.63. The first-order valence-corrected chi connectivity index (χ1v) is 8.82. The monoisotopic (exact) mass is 302 g/mol. The first kappa shape index (κ1) is 14.6. The standard InChI is InChI=1S/C19H26O3/c1-18-7-5-12(20)9-11(18)10-15(21)17-13-3-4-16(22)19(13,2)8-6-14(17)18/h10,12-14,17,20H,3-9H2,1-2H3/t12-,13-,14-,17+,18-,19-/m0/s1. The van der Waals surface area contributed by atoms with E-state index in [4.69, 9.17) is 0 Å². The van der Waals surface area contributed by atoms with Gasteiger partial charge in [-0.3, -0.25) is 9.59 Å². The van der Waals surface area contributed by atoms with Crippen molar-refractivity contribution in [1.82, 2.24) is 0 Å². The van der Waals surface area contributed by atoms with Gasteiger partial charge in [-0.2, -0.15) is 0 Å². The van der Waals surface area contributed by atoms with Crippen LogP contribution in [0.3, 0.4) is 0 Å². The molecule has 0 aromatic rings. The zero-order chi connectivity index (χ0) is 15.7. The molecule has 4 rings (SSSR count). The van der Waals surface area contributed by atoms with Crippen molar-refractivity contribution < 1.29 is 14.7 Å². The van der Waals surface area contributed by atoms with Gasteiger partial charge in [-0.05, 0) is 61.9 Å². The maximum atomic E-state index is 12.9. The summed E-state index contributed by atoms with van der Waals surface area (Å²) in [5.41, 5.74) is 0.975. The van der Waals surface area contributed by atoms with Gasteiger partial charge >= 0.3 is 0 Å². The Labute approximate surface area is 132 Å². The summed E-state index contributed by atoms with van der Waals surface area (Å²) in [6, 6.07) is 0. The molecule has 4 aliphatic rings. The van der Waals surface area contributed by atoms with Crippen LogP contribution in [-0.2, 0) is 9.59 Å².